The Hall–Kier alpha value is 0.400. The van der Waals surface area contributed by atoms with Crippen molar-refractivity contribution >= 4 is 30.4 Å². The quantitative estimate of drug-likeness (QED) is 0.0451. The van der Waals surface area contributed by atoms with Crippen LogP contribution in [0.1, 0.15) is 0 Å². The molecule has 0 rings (SSSR count). The Morgan fingerprint density at radius 3 is 1.10 bits per heavy atom. The molecule has 0 bridgehead atoms. The molecule has 0 aliphatic heterocycles. The second kappa shape index (κ2) is 12.6. The van der Waals surface area contributed by atoms with E-state index in [1.165, 1.54) is 0 Å². The maximum Gasteiger partial charge on any atom is 0.339 e. The summed E-state index contributed by atoms with van der Waals surface area (Å²) in [6.07, 6.45) is -3.70. The molecule has 0 saturated heterocycles. The van der Waals surface area contributed by atoms with Crippen LogP contribution in [0.5, 0.6) is 0 Å². The molecule has 0 amide bonds. The Balaban J connectivity index is 5.21. The third kappa shape index (κ3) is 19.1. The van der Waals surface area contributed by atoms with Crippen LogP contribution in [0.3, 0.4) is 0 Å². The fourth-order valence-corrected chi connectivity index (χ4v) is 5.54. The molecule has 0 aliphatic rings. The lowest BCUT2D eigenvalue weighted by molar-refractivity contribution is -0.267. The van der Waals surface area contributed by atoms with Crippen LogP contribution in [0.25, 0.3) is 0 Å². The molecule has 0 aromatic heterocycles. The molecule has 0 unspecified atom stereocenters. The fraction of sp³-hybridized carbons (Fsp3) is 1.00. The molecule has 0 heterocycles. The van der Waals surface area contributed by atoms with Gasteiger partial charge in [0.2, 0.25) is 0 Å². The maximum atomic E-state index is 11.3. The summed E-state index contributed by atoms with van der Waals surface area (Å²) in [5.74, 6) is 0. The second-order valence-electron chi connectivity index (χ2n) is 6.39. The van der Waals surface area contributed by atoms with E-state index in [1.807, 2.05) is 0 Å². The summed E-state index contributed by atoms with van der Waals surface area (Å²) in [5.41, 5.74) is 0. The zero-order valence-corrected chi connectivity index (χ0v) is 19.1. The van der Waals surface area contributed by atoms with Gasteiger partial charge in [0, 0.05) is 26.2 Å². The molecular formula is C9H27N3O14P4. The van der Waals surface area contributed by atoms with Gasteiger partial charge in [0.05, 0.1) is 0 Å². The molecule has 0 saturated carbocycles. The largest absolute Gasteiger partial charge is 0.339 e. The predicted molar refractivity (Wildman–Crippen MR) is 101 cm³/mol. The van der Waals surface area contributed by atoms with Crippen LogP contribution in [0.15, 0.2) is 0 Å². The van der Waals surface area contributed by atoms with Crippen molar-refractivity contribution < 1.29 is 67.6 Å². The third-order valence-corrected chi connectivity index (χ3v) is 6.32. The highest BCUT2D eigenvalue weighted by molar-refractivity contribution is 7.52. The average molecular weight is 525 g/mol. The van der Waals surface area contributed by atoms with Crippen molar-refractivity contribution in [1.29, 1.82) is 0 Å². The molecule has 0 radical (unpaired) electrons. The Kier molecular flexibility index (Phi) is 12.8. The highest BCUT2D eigenvalue weighted by atomic mass is 31.2. The van der Waals surface area contributed by atoms with Crippen molar-refractivity contribution in [2.24, 2.45) is 0 Å². The minimum absolute atomic E-state index is 0.242. The first-order valence-electron chi connectivity index (χ1n) is 7.91. The van der Waals surface area contributed by atoms with Crippen LogP contribution in [0, 0.1) is 0 Å². The normalized spacial score (nSPS) is 14.3. The van der Waals surface area contributed by atoms with Crippen molar-refractivity contribution in [3.8, 4) is 0 Å². The smallest absolute Gasteiger partial charge is 0.324 e. The topological polar surface area (TPSA) is 269 Å². The molecule has 0 spiro atoms. The highest BCUT2D eigenvalue weighted by Crippen LogP contribution is 2.41. The Bertz CT molecular complexity index is 675. The summed E-state index contributed by atoms with van der Waals surface area (Å²) in [6.45, 7) is -1.83. The minimum atomic E-state index is -4.70. The molecule has 0 aliphatic carbocycles. The zero-order chi connectivity index (χ0) is 23.8. The highest BCUT2D eigenvalue weighted by Gasteiger charge is 2.28. The fourth-order valence-electron chi connectivity index (χ4n) is 2.30. The van der Waals surface area contributed by atoms with E-state index in [1.54, 1.807) is 0 Å². The van der Waals surface area contributed by atoms with Crippen LogP contribution < -0.4 is 0 Å². The summed E-state index contributed by atoms with van der Waals surface area (Å²) in [7, 11) is -18.6. The van der Waals surface area contributed by atoms with Crippen LogP contribution >= 0.6 is 30.4 Å². The van der Waals surface area contributed by atoms with Gasteiger partial charge in [0.25, 0.3) is 0 Å². The molecule has 17 nitrogen and oxygen atoms in total. The monoisotopic (exact) mass is 525 g/mol. The summed E-state index contributed by atoms with van der Waals surface area (Å²) >= 11 is 0. The molecule has 21 heteroatoms. The lowest BCUT2D eigenvalue weighted by Crippen LogP contribution is -2.41. The second-order valence-corrected chi connectivity index (χ2v) is 12.8. The van der Waals surface area contributed by atoms with Gasteiger partial charge in [-0.05, 0) is 0 Å². The average Bonchev–Trinajstić information content (AvgIpc) is 2.43. The van der Waals surface area contributed by atoms with Gasteiger partial charge >= 0.3 is 30.4 Å². The van der Waals surface area contributed by atoms with Gasteiger partial charge in [-0.2, -0.15) is 0 Å². The van der Waals surface area contributed by atoms with Gasteiger partial charge in [0.15, 0.2) is 0 Å². The van der Waals surface area contributed by atoms with Gasteiger partial charge in [-0.1, -0.05) is 0 Å². The summed E-state index contributed by atoms with van der Waals surface area (Å²) in [6, 6.07) is 0. The summed E-state index contributed by atoms with van der Waals surface area (Å²) < 4.78 is 44.8. The van der Waals surface area contributed by atoms with Gasteiger partial charge in [0.1, 0.15) is 31.9 Å². The van der Waals surface area contributed by atoms with Gasteiger partial charge in [-0.3, -0.25) is 38.2 Å². The minimum Gasteiger partial charge on any atom is -0.324 e. The molecule has 0 fully saturated rings. The third-order valence-electron chi connectivity index (χ3n) is 3.24. The SMILES string of the molecule is O=P(O)(O)CN(CCN(COO)CP(=O)(O)O)CCN(CP(=O)(O)O)CP(=O)(O)O. The first-order valence-corrected chi connectivity index (χ1v) is 15.1. The van der Waals surface area contributed by atoms with E-state index in [2.05, 4.69) is 4.89 Å². The first-order chi connectivity index (χ1) is 13.3. The van der Waals surface area contributed by atoms with E-state index >= 15 is 0 Å². The molecule has 0 aromatic carbocycles. The van der Waals surface area contributed by atoms with E-state index < -0.39 is 68.8 Å². The van der Waals surface area contributed by atoms with E-state index in [9.17, 15) is 28.0 Å². The maximum absolute atomic E-state index is 11.3. The number of rotatable bonds is 16. The molecule has 182 valence electrons. The van der Waals surface area contributed by atoms with E-state index in [4.69, 9.17) is 34.6 Å². The Labute approximate surface area is 171 Å². The Morgan fingerprint density at radius 2 is 0.767 bits per heavy atom. The number of hydrogen-bond acceptors (Lipinski definition) is 9. The summed E-state index contributed by atoms with van der Waals surface area (Å²) in [5, 5.41) is 8.49. The van der Waals surface area contributed by atoms with Gasteiger partial charge < -0.3 is 39.1 Å². The van der Waals surface area contributed by atoms with Crippen molar-refractivity contribution in [2.75, 3.05) is 58.1 Å². The van der Waals surface area contributed by atoms with Crippen LogP contribution in [0.4, 0.5) is 0 Å². The van der Waals surface area contributed by atoms with Gasteiger partial charge in [-0.15, -0.1) is 0 Å². The molecule has 9 N–H and O–H groups in total. The molecule has 30 heavy (non-hydrogen) atoms. The first kappa shape index (κ1) is 30.4. The lowest BCUT2D eigenvalue weighted by atomic mass is 10.4. The van der Waals surface area contributed by atoms with Crippen molar-refractivity contribution in [2.45, 2.75) is 0 Å². The van der Waals surface area contributed by atoms with Crippen molar-refractivity contribution in [3.05, 3.63) is 0 Å². The zero-order valence-electron chi connectivity index (χ0n) is 15.6. The van der Waals surface area contributed by atoms with Gasteiger partial charge in [-0.25, -0.2) is 4.89 Å². The van der Waals surface area contributed by atoms with Crippen molar-refractivity contribution in [3.63, 3.8) is 0 Å². The Morgan fingerprint density at radius 1 is 0.500 bits per heavy atom. The number of nitrogens with zero attached hydrogens (tertiary/aromatic N) is 3. The molecule has 0 atom stereocenters. The number of hydrogen-bond donors (Lipinski definition) is 9. The summed E-state index contributed by atoms with van der Waals surface area (Å²) in [4.78, 5) is 79.1. The molecular weight excluding hydrogens is 498 g/mol. The van der Waals surface area contributed by atoms with Crippen molar-refractivity contribution in [1.82, 2.24) is 14.7 Å². The van der Waals surface area contributed by atoms with E-state index in [0.29, 0.717) is 0 Å². The van der Waals surface area contributed by atoms with E-state index in [-0.39, 0.29) is 19.6 Å². The van der Waals surface area contributed by atoms with E-state index in [0.717, 1.165) is 14.7 Å². The van der Waals surface area contributed by atoms with Crippen LogP contribution in [-0.2, 0) is 23.1 Å². The lowest BCUT2D eigenvalue weighted by Gasteiger charge is -2.29. The van der Waals surface area contributed by atoms with Crippen LogP contribution in [-0.4, -0.2) is 117 Å². The molecule has 0 aromatic rings. The van der Waals surface area contributed by atoms with Crippen LogP contribution in [0.2, 0.25) is 0 Å². The predicted octanol–water partition coefficient (Wildman–Crippen LogP) is -2.12. The standard InChI is InChI=1S/C9H27N3O14P4/c13-26-5-11(7-28(17,18)19)3-1-10(6-27(14,15)16)2-4-12(8-29(20,21)22)9-30(23,24)25/h13H,1-9H2,(H2,14,15,16)(H2,17,18,19)(H2,20,21,22)(H2,23,24,25).